The SMILES string of the molecule is CC(C)c1ccc(CN2C(=O)Cc3ncc(-c4ccc(Cl)cc4)cc32)cc1. The van der Waals surface area contributed by atoms with Crippen molar-refractivity contribution in [1.29, 1.82) is 0 Å². The van der Waals surface area contributed by atoms with Crippen LogP contribution in [0.15, 0.2) is 60.8 Å². The topological polar surface area (TPSA) is 33.2 Å². The summed E-state index contributed by atoms with van der Waals surface area (Å²) in [6.45, 7) is 4.92. The Labute approximate surface area is 164 Å². The summed E-state index contributed by atoms with van der Waals surface area (Å²) >= 11 is 5.99. The number of fused-ring (bicyclic) bond motifs is 1. The van der Waals surface area contributed by atoms with Crippen LogP contribution in [0.1, 0.15) is 36.6 Å². The Morgan fingerprint density at radius 2 is 1.74 bits per heavy atom. The maximum Gasteiger partial charge on any atom is 0.233 e. The fraction of sp³-hybridized carbons (Fsp3) is 0.217. The van der Waals surface area contributed by atoms with Crippen LogP contribution >= 0.6 is 11.6 Å². The van der Waals surface area contributed by atoms with Crippen molar-refractivity contribution in [2.75, 3.05) is 4.90 Å². The molecule has 1 amide bonds. The van der Waals surface area contributed by atoms with E-state index < -0.39 is 0 Å². The van der Waals surface area contributed by atoms with E-state index in [2.05, 4.69) is 49.2 Å². The summed E-state index contributed by atoms with van der Waals surface area (Å²) in [6, 6.07) is 18.2. The predicted octanol–water partition coefficient (Wildman–Crippen LogP) is 5.61. The molecule has 0 fully saturated rings. The highest BCUT2D eigenvalue weighted by atomic mass is 35.5. The quantitative estimate of drug-likeness (QED) is 0.592. The van der Waals surface area contributed by atoms with Crippen molar-refractivity contribution in [2.45, 2.75) is 32.7 Å². The molecule has 136 valence electrons. The Balaban J connectivity index is 1.63. The van der Waals surface area contributed by atoms with Gasteiger partial charge in [0.1, 0.15) is 0 Å². The Kier molecular flexibility index (Phi) is 4.71. The Morgan fingerprint density at radius 1 is 1.04 bits per heavy atom. The molecule has 4 rings (SSSR count). The summed E-state index contributed by atoms with van der Waals surface area (Å²) in [4.78, 5) is 19.0. The largest absolute Gasteiger partial charge is 0.306 e. The summed E-state index contributed by atoms with van der Waals surface area (Å²) in [5.74, 6) is 0.595. The first-order valence-electron chi connectivity index (χ1n) is 9.15. The maximum absolute atomic E-state index is 12.6. The second-order valence-corrected chi connectivity index (χ2v) is 7.69. The van der Waals surface area contributed by atoms with Gasteiger partial charge in [-0.2, -0.15) is 0 Å². The Hall–Kier alpha value is -2.65. The molecule has 2 heterocycles. The normalized spacial score (nSPS) is 13.3. The van der Waals surface area contributed by atoms with Gasteiger partial charge in [0.25, 0.3) is 0 Å². The summed E-state index contributed by atoms with van der Waals surface area (Å²) in [5, 5.41) is 0.703. The molecule has 0 bridgehead atoms. The van der Waals surface area contributed by atoms with Crippen molar-refractivity contribution < 1.29 is 4.79 Å². The number of rotatable bonds is 4. The van der Waals surface area contributed by atoms with Crippen LogP contribution in [-0.4, -0.2) is 10.9 Å². The third-order valence-electron chi connectivity index (χ3n) is 5.02. The van der Waals surface area contributed by atoms with Gasteiger partial charge >= 0.3 is 0 Å². The van der Waals surface area contributed by atoms with Crippen molar-refractivity contribution >= 4 is 23.2 Å². The van der Waals surface area contributed by atoms with Gasteiger partial charge in [0.15, 0.2) is 0 Å². The Morgan fingerprint density at radius 3 is 2.41 bits per heavy atom. The van der Waals surface area contributed by atoms with Gasteiger partial charge in [-0.1, -0.05) is 61.8 Å². The lowest BCUT2D eigenvalue weighted by Crippen LogP contribution is -2.26. The van der Waals surface area contributed by atoms with Crippen LogP contribution in [0.3, 0.4) is 0 Å². The first-order valence-corrected chi connectivity index (χ1v) is 9.53. The molecule has 1 aliphatic rings. The molecule has 3 aromatic rings. The predicted molar refractivity (Wildman–Crippen MR) is 110 cm³/mol. The summed E-state index contributed by atoms with van der Waals surface area (Å²) in [5.41, 5.74) is 6.20. The van der Waals surface area contributed by atoms with Gasteiger partial charge in [-0.05, 0) is 40.8 Å². The van der Waals surface area contributed by atoms with Gasteiger partial charge in [0.2, 0.25) is 5.91 Å². The minimum absolute atomic E-state index is 0.0960. The number of pyridine rings is 1. The lowest BCUT2D eigenvalue weighted by molar-refractivity contribution is -0.117. The van der Waals surface area contributed by atoms with Crippen molar-refractivity contribution in [3.8, 4) is 11.1 Å². The maximum atomic E-state index is 12.6. The van der Waals surface area contributed by atoms with Gasteiger partial charge in [-0.3, -0.25) is 9.78 Å². The van der Waals surface area contributed by atoms with E-state index in [1.54, 1.807) is 0 Å². The van der Waals surface area contributed by atoms with Crippen LogP contribution in [0.25, 0.3) is 11.1 Å². The molecule has 0 saturated carbocycles. The van der Waals surface area contributed by atoms with Crippen LogP contribution in [0, 0.1) is 0 Å². The van der Waals surface area contributed by atoms with Crippen LogP contribution in [-0.2, 0) is 17.8 Å². The highest BCUT2D eigenvalue weighted by Gasteiger charge is 2.28. The number of hydrogen-bond acceptors (Lipinski definition) is 2. The number of anilines is 1. The van der Waals surface area contributed by atoms with E-state index >= 15 is 0 Å². The molecule has 2 aromatic carbocycles. The molecule has 0 unspecified atom stereocenters. The Bertz CT molecular complexity index is 978. The third kappa shape index (κ3) is 3.60. The zero-order chi connectivity index (χ0) is 19.0. The van der Waals surface area contributed by atoms with E-state index in [9.17, 15) is 4.79 Å². The van der Waals surface area contributed by atoms with Crippen LogP contribution in [0.2, 0.25) is 5.02 Å². The molecule has 0 radical (unpaired) electrons. The molecule has 4 heteroatoms. The minimum atomic E-state index is 0.0960. The van der Waals surface area contributed by atoms with E-state index in [0.717, 1.165) is 28.1 Å². The average molecular weight is 377 g/mol. The summed E-state index contributed by atoms with van der Waals surface area (Å²) in [6.07, 6.45) is 2.19. The van der Waals surface area contributed by atoms with Crippen LogP contribution in [0.5, 0.6) is 0 Å². The second kappa shape index (κ2) is 7.16. The first-order chi connectivity index (χ1) is 13.0. The van der Waals surface area contributed by atoms with Gasteiger partial charge in [-0.25, -0.2) is 0 Å². The van der Waals surface area contributed by atoms with E-state index in [1.807, 2.05) is 35.4 Å². The molecule has 1 aliphatic heterocycles. The van der Waals surface area contributed by atoms with Crippen molar-refractivity contribution in [2.24, 2.45) is 0 Å². The number of nitrogens with zero attached hydrogens (tertiary/aromatic N) is 2. The smallest absolute Gasteiger partial charge is 0.233 e. The molecule has 0 aliphatic carbocycles. The number of benzene rings is 2. The second-order valence-electron chi connectivity index (χ2n) is 7.25. The number of halogens is 1. The van der Waals surface area contributed by atoms with Gasteiger partial charge in [0, 0.05) is 16.8 Å². The first kappa shape index (κ1) is 17.7. The molecule has 0 spiro atoms. The minimum Gasteiger partial charge on any atom is -0.306 e. The van der Waals surface area contributed by atoms with Gasteiger partial charge < -0.3 is 4.90 Å². The van der Waals surface area contributed by atoms with Crippen LogP contribution in [0.4, 0.5) is 5.69 Å². The summed E-state index contributed by atoms with van der Waals surface area (Å²) in [7, 11) is 0. The number of carbonyl (C=O) groups is 1. The molecular formula is C23H21ClN2O. The standard InChI is InChI=1S/C23H21ClN2O/c1-15(2)17-5-3-16(4-6-17)14-26-22-11-19(13-25-21(22)12-23(26)27)18-7-9-20(24)10-8-18/h3-11,13,15H,12,14H2,1-2H3. The van der Waals surface area contributed by atoms with E-state index in [1.165, 1.54) is 5.56 Å². The summed E-state index contributed by atoms with van der Waals surface area (Å²) < 4.78 is 0. The molecule has 1 aromatic heterocycles. The molecule has 0 N–H and O–H groups in total. The lowest BCUT2D eigenvalue weighted by Gasteiger charge is -2.18. The van der Waals surface area contributed by atoms with Crippen molar-refractivity contribution in [1.82, 2.24) is 4.98 Å². The number of aromatic nitrogens is 1. The lowest BCUT2D eigenvalue weighted by atomic mass is 10.0. The van der Waals surface area contributed by atoms with Gasteiger partial charge in [0.05, 0.1) is 24.3 Å². The fourth-order valence-corrected chi connectivity index (χ4v) is 3.51. The third-order valence-corrected chi connectivity index (χ3v) is 5.27. The number of hydrogen-bond donors (Lipinski definition) is 0. The van der Waals surface area contributed by atoms with Crippen molar-refractivity contribution in [3.05, 3.63) is 82.6 Å². The van der Waals surface area contributed by atoms with E-state index in [4.69, 9.17) is 11.6 Å². The molecule has 0 atom stereocenters. The monoisotopic (exact) mass is 376 g/mol. The number of amides is 1. The van der Waals surface area contributed by atoms with E-state index in [0.29, 0.717) is 23.9 Å². The molecule has 27 heavy (non-hydrogen) atoms. The fourth-order valence-electron chi connectivity index (χ4n) is 3.39. The average Bonchev–Trinajstić information content (AvgIpc) is 2.97. The van der Waals surface area contributed by atoms with Gasteiger partial charge in [-0.15, -0.1) is 0 Å². The van der Waals surface area contributed by atoms with Crippen molar-refractivity contribution in [3.63, 3.8) is 0 Å². The number of carbonyl (C=O) groups excluding carboxylic acids is 1. The molecular weight excluding hydrogens is 356 g/mol. The molecule has 3 nitrogen and oxygen atoms in total. The highest BCUT2D eigenvalue weighted by molar-refractivity contribution is 6.30. The molecule has 0 saturated heterocycles. The highest BCUT2D eigenvalue weighted by Crippen LogP contribution is 2.33. The zero-order valence-corrected chi connectivity index (χ0v) is 16.2. The zero-order valence-electron chi connectivity index (χ0n) is 15.4. The van der Waals surface area contributed by atoms with E-state index in [-0.39, 0.29) is 5.91 Å². The van der Waals surface area contributed by atoms with Crippen LogP contribution < -0.4 is 4.90 Å².